The largest absolute Gasteiger partial charge is 0.497 e. The van der Waals surface area contributed by atoms with E-state index in [9.17, 15) is 8.42 Å². The Bertz CT molecular complexity index is 631. The summed E-state index contributed by atoms with van der Waals surface area (Å²) in [7, 11) is -1.68. The van der Waals surface area contributed by atoms with Gasteiger partial charge in [-0.1, -0.05) is 25.0 Å². The van der Waals surface area contributed by atoms with E-state index in [2.05, 4.69) is 9.62 Å². The van der Waals surface area contributed by atoms with E-state index in [1.165, 1.54) is 25.7 Å². The molecule has 1 aliphatic carbocycles. The normalized spacial score (nSPS) is 20.8. The zero-order valence-corrected chi connectivity index (χ0v) is 15.9. The summed E-state index contributed by atoms with van der Waals surface area (Å²) in [5.41, 5.74) is 0.782. The van der Waals surface area contributed by atoms with Gasteiger partial charge in [0.05, 0.1) is 12.9 Å². The van der Waals surface area contributed by atoms with Gasteiger partial charge in [0.1, 0.15) is 5.75 Å². The van der Waals surface area contributed by atoms with Crippen molar-refractivity contribution < 1.29 is 13.2 Å². The van der Waals surface area contributed by atoms with Crippen LogP contribution in [0.5, 0.6) is 5.75 Å². The first-order valence-corrected chi connectivity index (χ1v) is 11.1. The number of methoxy groups -OCH3 is 1. The molecule has 1 heterocycles. The first kappa shape index (κ1) is 18.7. The number of rotatable bonds is 7. The van der Waals surface area contributed by atoms with Crippen LogP contribution in [0.1, 0.15) is 44.1 Å². The fourth-order valence-corrected chi connectivity index (χ4v) is 5.25. The molecule has 0 unspecified atom stereocenters. The molecular weight excluding hydrogens is 336 g/mol. The van der Waals surface area contributed by atoms with E-state index in [4.69, 9.17) is 4.74 Å². The summed E-state index contributed by atoms with van der Waals surface area (Å²) in [5, 5.41) is 0. The van der Waals surface area contributed by atoms with E-state index in [-0.39, 0.29) is 5.75 Å². The molecule has 0 spiro atoms. The Hall–Kier alpha value is -1.11. The number of likely N-dealkylation sites (tertiary alicyclic amines) is 1. The van der Waals surface area contributed by atoms with E-state index in [1.54, 1.807) is 31.4 Å². The zero-order valence-electron chi connectivity index (χ0n) is 15.1. The third-order valence-electron chi connectivity index (χ3n) is 5.60. The number of hydrogen-bond donors (Lipinski definition) is 1. The summed E-state index contributed by atoms with van der Waals surface area (Å²) in [6.07, 6.45) is 7.63. The number of sulfonamides is 1. The second kappa shape index (κ2) is 8.52. The highest BCUT2D eigenvalue weighted by molar-refractivity contribution is 7.88. The van der Waals surface area contributed by atoms with Crippen molar-refractivity contribution in [3.63, 3.8) is 0 Å². The summed E-state index contributed by atoms with van der Waals surface area (Å²) < 4.78 is 32.6. The fourth-order valence-electron chi connectivity index (χ4n) is 4.03. The highest BCUT2D eigenvalue weighted by Crippen LogP contribution is 2.27. The molecular formula is C19H30N2O3S. The Morgan fingerprint density at radius 1 is 1.08 bits per heavy atom. The number of hydrogen-bond acceptors (Lipinski definition) is 4. The van der Waals surface area contributed by atoms with Crippen molar-refractivity contribution in [2.75, 3.05) is 26.7 Å². The molecule has 0 amide bonds. The molecule has 0 atom stereocenters. The Morgan fingerprint density at radius 3 is 2.32 bits per heavy atom. The molecule has 2 fully saturated rings. The van der Waals surface area contributed by atoms with Crippen molar-refractivity contribution in [2.24, 2.45) is 5.92 Å². The van der Waals surface area contributed by atoms with Gasteiger partial charge in [0.2, 0.25) is 10.0 Å². The Balaban J connectivity index is 1.42. The van der Waals surface area contributed by atoms with E-state index < -0.39 is 10.0 Å². The number of benzene rings is 1. The minimum atomic E-state index is -3.29. The number of nitrogens with one attached hydrogen (secondary N) is 1. The molecule has 0 radical (unpaired) electrons. The Morgan fingerprint density at radius 2 is 1.72 bits per heavy atom. The highest BCUT2D eigenvalue weighted by atomic mass is 32.2. The van der Waals surface area contributed by atoms with Crippen LogP contribution in [0, 0.1) is 5.92 Å². The van der Waals surface area contributed by atoms with Gasteiger partial charge in [-0.2, -0.15) is 0 Å². The second-order valence-electron chi connectivity index (χ2n) is 7.37. The maximum absolute atomic E-state index is 12.3. The molecule has 6 heteroatoms. The van der Waals surface area contributed by atoms with Gasteiger partial charge < -0.3 is 9.64 Å². The fraction of sp³-hybridized carbons (Fsp3) is 0.684. The van der Waals surface area contributed by atoms with Gasteiger partial charge in [-0.05, 0) is 62.4 Å². The molecule has 1 aliphatic heterocycles. The zero-order chi connectivity index (χ0) is 17.7. The average Bonchev–Trinajstić information content (AvgIpc) is 3.15. The number of nitrogens with zero attached hydrogens (tertiary/aromatic N) is 1. The SMILES string of the molecule is COc1ccc(CS(=O)(=O)NCC2CCN(C3CCCC3)CC2)cc1. The van der Waals surface area contributed by atoms with Crippen molar-refractivity contribution in [1.29, 1.82) is 0 Å². The van der Waals surface area contributed by atoms with Crippen LogP contribution in [0.2, 0.25) is 0 Å². The van der Waals surface area contributed by atoms with Crippen molar-refractivity contribution in [1.82, 2.24) is 9.62 Å². The Labute approximate surface area is 151 Å². The number of piperidine rings is 1. The third-order valence-corrected chi connectivity index (χ3v) is 6.92. The van der Waals surface area contributed by atoms with Crippen LogP contribution < -0.4 is 9.46 Å². The van der Waals surface area contributed by atoms with Crippen LogP contribution in [-0.2, 0) is 15.8 Å². The molecule has 1 saturated heterocycles. The molecule has 1 aromatic carbocycles. The molecule has 0 bridgehead atoms. The molecule has 1 saturated carbocycles. The van der Waals surface area contributed by atoms with Crippen molar-refractivity contribution in [2.45, 2.75) is 50.3 Å². The van der Waals surface area contributed by atoms with Crippen LogP contribution in [0.25, 0.3) is 0 Å². The van der Waals surface area contributed by atoms with E-state index in [0.29, 0.717) is 12.5 Å². The quantitative estimate of drug-likeness (QED) is 0.806. The van der Waals surface area contributed by atoms with Crippen LogP contribution >= 0.6 is 0 Å². The number of ether oxygens (including phenoxy) is 1. The van der Waals surface area contributed by atoms with Gasteiger partial charge in [-0.25, -0.2) is 13.1 Å². The lowest BCUT2D eigenvalue weighted by Crippen LogP contribution is -2.42. The lowest BCUT2D eigenvalue weighted by molar-refractivity contribution is 0.135. The van der Waals surface area contributed by atoms with Crippen molar-refractivity contribution in [3.05, 3.63) is 29.8 Å². The molecule has 1 aromatic rings. The van der Waals surface area contributed by atoms with Crippen LogP contribution in [0.3, 0.4) is 0 Å². The standard InChI is InChI=1S/C19H30N2O3S/c1-24-19-8-6-17(7-9-19)15-25(22,23)20-14-16-10-12-21(13-11-16)18-4-2-3-5-18/h6-9,16,18,20H,2-5,10-15H2,1H3. The second-order valence-corrected chi connectivity index (χ2v) is 9.18. The van der Waals surface area contributed by atoms with Gasteiger partial charge >= 0.3 is 0 Å². The maximum Gasteiger partial charge on any atom is 0.215 e. The molecule has 3 rings (SSSR count). The monoisotopic (exact) mass is 366 g/mol. The highest BCUT2D eigenvalue weighted by Gasteiger charge is 2.27. The average molecular weight is 367 g/mol. The van der Waals surface area contributed by atoms with E-state index in [1.807, 2.05) is 0 Å². The lowest BCUT2D eigenvalue weighted by Gasteiger charge is -2.36. The van der Waals surface area contributed by atoms with Gasteiger partial charge in [-0.15, -0.1) is 0 Å². The third kappa shape index (κ3) is 5.43. The minimum absolute atomic E-state index is 0.0257. The summed E-state index contributed by atoms with van der Waals surface area (Å²) in [6, 6.07) is 7.98. The van der Waals surface area contributed by atoms with E-state index in [0.717, 1.165) is 43.3 Å². The summed E-state index contributed by atoms with van der Waals surface area (Å²) in [6.45, 7) is 2.81. The first-order chi connectivity index (χ1) is 12.1. The maximum atomic E-state index is 12.3. The van der Waals surface area contributed by atoms with Crippen molar-refractivity contribution in [3.8, 4) is 5.75 Å². The van der Waals surface area contributed by atoms with Crippen molar-refractivity contribution >= 4 is 10.0 Å². The first-order valence-electron chi connectivity index (χ1n) is 9.40. The van der Waals surface area contributed by atoms with Gasteiger partial charge in [-0.3, -0.25) is 0 Å². The summed E-state index contributed by atoms with van der Waals surface area (Å²) in [4.78, 5) is 2.62. The Kier molecular flexibility index (Phi) is 6.36. The van der Waals surface area contributed by atoms with Gasteiger partial charge in [0.15, 0.2) is 0 Å². The van der Waals surface area contributed by atoms with E-state index >= 15 is 0 Å². The summed E-state index contributed by atoms with van der Waals surface area (Å²) in [5.74, 6) is 1.23. The predicted octanol–water partition coefficient (Wildman–Crippen LogP) is 2.77. The summed E-state index contributed by atoms with van der Waals surface area (Å²) >= 11 is 0. The topological polar surface area (TPSA) is 58.6 Å². The molecule has 1 N–H and O–H groups in total. The molecule has 2 aliphatic rings. The van der Waals surface area contributed by atoms with Gasteiger partial charge in [0, 0.05) is 12.6 Å². The lowest BCUT2D eigenvalue weighted by atomic mass is 9.96. The predicted molar refractivity (Wildman–Crippen MR) is 100 cm³/mol. The minimum Gasteiger partial charge on any atom is -0.497 e. The smallest absolute Gasteiger partial charge is 0.215 e. The molecule has 0 aromatic heterocycles. The van der Waals surface area contributed by atoms with Crippen LogP contribution in [-0.4, -0.2) is 46.1 Å². The van der Waals surface area contributed by atoms with Crippen LogP contribution in [0.15, 0.2) is 24.3 Å². The molecule has 140 valence electrons. The molecule has 25 heavy (non-hydrogen) atoms. The van der Waals surface area contributed by atoms with Crippen LogP contribution in [0.4, 0.5) is 0 Å². The molecule has 5 nitrogen and oxygen atoms in total. The van der Waals surface area contributed by atoms with Gasteiger partial charge in [0.25, 0.3) is 0 Å².